The lowest BCUT2D eigenvalue weighted by Crippen LogP contribution is -2.22. The Morgan fingerprint density at radius 3 is 2.57 bits per heavy atom. The Morgan fingerprint density at radius 1 is 1.14 bits per heavy atom. The molecule has 110 valence electrons. The largest absolute Gasteiger partial charge is 0.347 e. The average molecular weight is 336 g/mol. The van der Waals surface area contributed by atoms with Gasteiger partial charge in [0.25, 0.3) is 5.91 Å². The van der Waals surface area contributed by atoms with Crippen molar-refractivity contribution in [3.63, 3.8) is 0 Å². The van der Waals surface area contributed by atoms with E-state index in [0.29, 0.717) is 11.1 Å². The van der Waals surface area contributed by atoms with Crippen molar-refractivity contribution in [3.8, 4) is 0 Å². The first-order valence-corrected chi connectivity index (χ1v) is 9.94. The predicted molar refractivity (Wildman–Crippen MR) is 94.2 cm³/mol. The Hall–Kier alpha value is -0.910. The Balaban J connectivity index is 1.59. The minimum Gasteiger partial charge on any atom is -0.347 e. The second-order valence-electron chi connectivity index (χ2n) is 4.81. The molecule has 5 heteroatoms. The van der Waals surface area contributed by atoms with Gasteiger partial charge in [-0.2, -0.15) is 0 Å². The van der Waals surface area contributed by atoms with Gasteiger partial charge in [-0.1, -0.05) is 18.2 Å². The van der Waals surface area contributed by atoms with Gasteiger partial charge in [-0.25, -0.2) is 0 Å². The van der Waals surface area contributed by atoms with Crippen molar-refractivity contribution in [2.75, 3.05) is 11.5 Å². The van der Waals surface area contributed by atoms with Crippen LogP contribution in [0.25, 0.3) is 0 Å². The number of carbonyl (C=O) groups is 1. The molecular formula is C16H17NOS3. The molecule has 1 N–H and O–H groups in total. The van der Waals surface area contributed by atoms with Crippen molar-refractivity contribution in [3.05, 3.63) is 57.8 Å². The summed E-state index contributed by atoms with van der Waals surface area (Å²) in [5, 5.41) is 4.99. The van der Waals surface area contributed by atoms with Crippen molar-refractivity contribution in [1.29, 1.82) is 0 Å². The normalized spacial score (nSPS) is 15.8. The molecule has 1 amide bonds. The van der Waals surface area contributed by atoms with Gasteiger partial charge in [0.1, 0.15) is 0 Å². The van der Waals surface area contributed by atoms with Crippen molar-refractivity contribution >= 4 is 40.8 Å². The van der Waals surface area contributed by atoms with Crippen LogP contribution in [-0.2, 0) is 6.54 Å². The van der Waals surface area contributed by atoms with Crippen LogP contribution in [0.3, 0.4) is 0 Å². The first-order chi connectivity index (χ1) is 10.3. The number of amides is 1. The third kappa shape index (κ3) is 4.05. The molecule has 2 heterocycles. The van der Waals surface area contributed by atoms with E-state index in [-0.39, 0.29) is 5.91 Å². The molecule has 1 saturated heterocycles. The number of nitrogens with one attached hydrogen (secondary N) is 1. The summed E-state index contributed by atoms with van der Waals surface area (Å²) in [6.07, 6.45) is 1.30. The highest BCUT2D eigenvalue weighted by atomic mass is 32.2. The number of rotatable bonds is 4. The molecular weight excluding hydrogens is 318 g/mol. The zero-order valence-electron chi connectivity index (χ0n) is 11.6. The third-order valence-electron chi connectivity index (χ3n) is 3.28. The van der Waals surface area contributed by atoms with Crippen LogP contribution in [0.5, 0.6) is 0 Å². The highest BCUT2D eigenvalue weighted by molar-refractivity contribution is 8.16. The molecule has 0 aliphatic carbocycles. The summed E-state index contributed by atoms with van der Waals surface area (Å²) in [6, 6.07) is 12.1. The molecule has 2 aromatic rings. The fourth-order valence-electron chi connectivity index (χ4n) is 2.15. The van der Waals surface area contributed by atoms with Crippen molar-refractivity contribution in [1.82, 2.24) is 5.32 Å². The van der Waals surface area contributed by atoms with Crippen LogP contribution in [0.15, 0.2) is 41.8 Å². The van der Waals surface area contributed by atoms with E-state index < -0.39 is 0 Å². The van der Waals surface area contributed by atoms with Crippen LogP contribution in [0.1, 0.15) is 31.8 Å². The maximum Gasteiger partial charge on any atom is 0.251 e. The maximum absolute atomic E-state index is 12.1. The quantitative estimate of drug-likeness (QED) is 0.889. The summed E-state index contributed by atoms with van der Waals surface area (Å²) in [6.45, 7) is 0.604. The summed E-state index contributed by atoms with van der Waals surface area (Å²) < 4.78 is 0.530. The van der Waals surface area contributed by atoms with Crippen LogP contribution >= 0.6 is 34.9 Å². The Morgan fingerprint density at radius 2 is 1.90 bits per heavy atom. The fraction of sp³-hybridized carbons (Fsp3) is 0.312. The molecule has 1 aromatic heterocycles. The molecule has 1 aliphatic rings. The van der Waals surface area contributed by atoms with Gasteiger partial charge in [0.15, 0.2) is 0 Å². The molecule has 0 unspecified atom stereocenters. The molecule has 0 bridgehead atoms. The molecule has 0 spiro atoms. The molecule has 0 radical (unpaired) electrons. The molecule has 1 aromatic carbocycles. The summed E-state index contributed by atoms with van der Waals surface area (Å²) in [4.78, 5) is 13.3. The van der Waals surface area contributed by atoms with E-state index in [1.54, 1.807) is 11.3 Å². The smallest absolute Gasteiger partial charge is 0.251 e. The molecule has 21 heavy (non-hydrogen) atoms. The van der Waals surface area contributed by atoms with Gasteiger partial charge in [-0.15, -0.1) is 34.9 Å². The van der Waals surface area contributed by atoms with Gasteiger partial charge in [0.2, 0.25) is 0 Å². The highest BCUT2D eigenvalue weighted by Gasteiger charge is 2.16. The molecule has 0 atom stereocenters. The van der Waals surface area contributed by atoms with E-state index in [0.717, 1.165) is 5.56 Å². The van der Waals surface area contributed by atoms with Crippen LogP contribution in [-0.4, -0.2) is 17.4 Å². The van der Waals surface area contributed by atoms with E-state index in [4.69, 9.17) is 0 Å². The van der Waals surface area contributed by atoms with E-state index in [1.807, 2.05) is 53.2 Å². The van der Waals surface area contributed by atoms with Gasteiger partial charge in [0, 0.05) is 10.4 Å². The van der Waals surface area contributed by atoms with Gasteiger partial charge in [-0.3, -0.25) is 4.79 Å². The highest BCUT2D eigenvalue weighted by Crippen LogP contribution is 2.43. The molecule has 1 fully saturated rings. The van der Waals surface area contributed by atoms with Crippen molar-refractivity contribution in [2.24, 2.45) is 0 Å². The number of carbonyl (C=O) groups excluding carboxylic acids is 1. The minimum atomic E-state index is -0.00102. The van der Waals surface area contributed by atoms with Crippen molar-refractivity contribution in [2.45, 2.75) is 17.5 Å². The molecule has 0 saturated carbocycles. The topological polar surface area (TPSA) is 29.1 Å². The predicted octanol–water partition coefficient (Wildman–Crippen LogP) is 4.55. The molecule has 2 nitrogen and oxygen atoms in total. The van der Waals surface area contributed by atoms with E-state index in [2.05, 4.69) is 17.4 Å². The Labute approximate surface area is 137 Å². The van der Waals surface area contributed by atoms with Crippen LogP contribution < -0.4 is 5.32 Å². The van der Waals surface area contributed by atoms with Crippen LogP contribution in [0.4, 0.5) is 0 Å². The number of thioether (sulfide) groups is 2. The SMILES string of the molecule is O=C(NCc1cccs1)c1ccc(C2SCCCS2)cc1. The number of hydrogen-bond donors (Lipinski definition) is 1. The fourth-order valence-corrected chi connectivity index (χ4v) is 5.69. The summed E-state index contributed by atoms with van der Waals surface area (Å²) >= 11 is 5.67. The van der Waals surface area contributed by atoms with Gasteiger partial charge in [0.05, 0.1) is 11.1 Å². The number of hydrogen-bond acceptors (Lipinski definition) is 4. The second-order valence-corrected chi connectivity index (χ2v) is 8.57. The first-order valence-electron chi connectivity index (χ1n) is 6.97. The van der Waals surface area contributed by atoms with Crippen LogP contribution in [0, 0.1) is 0 Å². The Bertz CT molecular complexity index is 574. The zero-order chi connectivity index (χ0) is 14.5. The van der Waals surface area contributed by atoms with E-state index in [9.17, 15) is 4.79 Å². The van der Waals surface area contributed by atoms with Gasteiger partial charge in [-0.05, 0) is 47.1 Å². The third-order valence-corrected chi connectivity index (χ3v) is 7.17. The summed E-state index contributed by atoms with van der Waals surface area (Å²) in [7, 11) is 0. The molecule has 3 rings (SSSR count). The second kappa shape index (κ2) is 7.38. The van der Waals surface area contributed by atoms with Gasteiger partial charge >= 0.3 is 0 Å². The molecule has 1 aliphatic heterocycles. The van der Waals surface area contributed by atoms with Crippen LogP contribution in [0.2, 0.25) is 0 Å². The lowest BCUT2D eigenvalue weighted by molar-refractivity contribution is 0.0951. The average Bonchev–Trinajstić information content (AvgIpc) is 3.07. The van der Waals surface area contributed by atoms with E-state index in [1.165, 1.54) is 28.4 Å². The lowest BCUT2D eigenvalue weighted by atomic mass is 10.1. The van der Waals surface area contributed by atoms with E-state index >= 15 is 0 Å². The van der Waals surface area contributed by atoms with Crippen molar-refractivity contribution < 1.29 is 4.79 Å². The lowest BCUT2D eigenvalue weighted by Gasteiger charge is -2.21. The monoisotopic (exact) mass is 335 g/mol. The standard InChI is InChI=1S/C16H17NOS3/c18-15(17-11-14-3-1-8-19-14)12-4-6-13(7-5-12)16-20-9-2-10-21-16/h1,3-8,16H,2,9-11H2,(H,17,18). The maximum atomic E-state index is 12.1. The number of benzene rings is 1. The summed E-state index contributed by atoms with van der Waals surface area (Å²) in [5.41, 5.74) is 2.06. The number of thiophene rings is 1. The minimum absolute atomic E-state index is 0.00102. The zero-order valence-corrected chi connectivity index (χ0v) is 14.0. The Kier molecular flexibility index (Phi) is 5.27. The summed E-state index contributed by atoms with van der Waals surface area (Å²) in [5.74, 6) is 2.47. The first kappa shape index (κ1) is 15.0. The van der Waals surface area contributed by atoms with Gasteiger partial charge < -0.3 is 5.32 Å².